The van der Waals surface area contributed by atoms with Gasteiger partial charge in [0.1, 0.15) is 5.69 Å². The van der Waals surface area contributed by atoms with Crippen molar-refractivity contribution in [1.29, 1.82) is 0 Å². The van der Waals surface area contributed by atoms with E-state index in [4.69, 9.17) is 0 Å². The second-order valence-electron chi connectivity index (χ2n) is 5.56. The van der Waals surface area contributed by atoms with Gasteiger partial charge in [-0.1, -0.05) is 13.8 Å². The maximum atomic E-state index is 12.1. The highest BCUT2D eigenvalue weighted by molar-refractivity contribution is 5.90. The molecular formula is C16H17NO5. The lowest BCUT2D eigenvalue weighted by Crippen LogP contribution is -2.19. The van der Waals surface area contributed by atoms with E-state index >= 15 is 0 Å². The Morgan fingerprint density at radius 2 is 1.86 bits per heavy atom. The lowest BCUT2D eigenvalue weighted by molar-refractivity contribution is 0.0684. The van der Waals surface area contributed by atoms with Crippen molar-refractivity contribution in [3.63, 3.8) is 0 Å². The third kappa shape index (κ3) is 3.00. The molecular weight excluding hydrogens is 286 g/mol. The number of carboxylic acid groups (broad SMARTS) is 1. The number of aromatic carboxylic acids is 1. The predicted octanol–water partition coefficient (Wildman–Crippen LogP) is 1.81. The molecule has 116 valence electrons. The number of rotatable bonds is 4. The van der Waals surface area contributed by atoms with Gasteiger partial charge < -0.3 is 14.8 Å². The summed E-state index contributed by atoms with van der Waals surface area (Å²) in [6, 6.07) is 4.65. The Labute approximate surface area is 126 Å². The molecule has 2 N–H and O–H groups in total. The Balaban J connectivity index is 2.88. The number of aryl methyl sites for hydroxylation is 1. The van der Waals surface area contributed by atoms with Gasteiger partial charge in [-0.25, -0.2) is 4.79 Å². The molecule has 0 bridgehead atoms. The summed E-state index contributed by atoms with van der Waals surface area (Å²) in [7, 11) is 0. The van der Waals surface area contributed by atoms with Gasteiger partial charge in [-0.15, -0.1) is 0 Å². The highest BCUT2D eigenvalue weighted by Crippen LogP contribution is 2.15. The zero-order chi connectivity index (χ0) is 16.4. The molecule has 0 saturated carbocycles. The third-order valence-corrected chi connectivity index (χ3v) is 3.47. The van der Waals surface area contributed by atoms with Crippen LogP contribution in [0.15, 0.2) is 33.9 Å². The number of hydrogen-bond acceptors (Lipinski definition) is 4. The first-order chi connectivity index (χ1) is 10.3. The number of nitrogens with zero attached hydrogens (tertiary/aromatic N) is 1. The first-order valence-electron chi connectivity index (χ1n) is 6.95. The molecule has 0 atom stereocenters. The molecule has 0 unspecified atom stereocenters. The highest BCUT2D eigenvalue weighted by Gasteiger charge is 2.15. The molecule has 0 spiro atoms. The lowest BCUT2D eigenvalue weighted by atomic mass is 10.1. The predicted molar refractivity (Wildman–Crippen MR) is 82.6 cm³/mol. The molecule has 6 heteroatoms. The molecule has 6 nitrogen and oxygen atoms in total. The van der Waals surface area contributed by atoms with E-state index in [0.717, 1.165) is 12.1 Å². The smallest absolute Gasteiger partial charge is 0.352 e. The van der Waals surface area contributed by atoms with Crippen LogP contribution < -0.4 is 10.9 Å². The van der Waals surface area contributed by atoms with E-state index in [0.29, 0.717) is 24.4 Å². The first kappa shape index (κ1) is 15.8. The molecule has 0 radical (unpaired) electrons. The first-order valence-corrected chi connectivity index (χ1v) is 6.95. The van der Waals surface area contributed by atoms with Gasteiger partial charge in [-0.05, 0) is 24.5 Å². The van der Waals surface area contributed by atoms with Gasteiger partial charge in [0.2, 0.25) is 5.43 Å². The number of aromatic nitrogens is 1. The topological polar surface area (TPSA) is 96.6 Å². The number of pyridine rings is 1. The van der Waals surface area contributed by atoms with Gasteiger partial charge in [0.05, 0.1) is 5.52 Å². The summed E-state index contributed by atoms with van der Waals surface area (Å²) >= 11 is 0. The molecule has 0 amide bonds. The summed E-state index contributed by atoms with van der Waals surface area (Å²) in [6.45, 7) is 4.41. The Hall–Kier alpha value is -2.63. The van der Waals surface area contributed by atoms with Crippen LogP contribution in [-0.2, 0) is 6.54 Å². The average molecular weight is 303 g/mol. The quantitative estimate of drug-likeness (QED) is 0.898. The van der Waals surface area contributed by atoms with E-state index in [-0.39, 0.29) is 11.1 Å². The van der Waals surface area contributed by atoms with Crippen LogP contribution in [0.5, 0.6) is 5.75 Å². The molecule has 0 saturated heterocycles. The van der Waals surface area contributed by atoms with E-state index in [1.807, 2.05) is 13.8 Å². The van der Waals surface area contributed by atoms with Crippen LogP contribution in [-0.4, -0.2) is 20.7 Å². The molecule has 0 fully saturated rings. The van der Waals surface area contributed by atoms with Crippen LogP contribution in [0.25, 0.3) is 10.9 Å². The van der Waals surface area contributed by atoms with E-state index in [1.165, 1.54) is 16.7 Å². The van der Waals surface area contributed by atoms with Crippen molar-refractivity contribution >= 4 is 16.9 Å². The number of carboxylic acids is 1. The summed E-state index contributed by atoms with van der Waals surface area (Å²) in [5.41, 5.74) is -1.04. The largest absolute Gasteiger partial charge is 0.504 e. The molecule has 0 aliphatic heterocycles. The molecule has 2 rings (SSSR count). The van der Waals surface area contributed by atoms with Crippen molar-refractivity contribution in [3.8, 4) is 5.75 Å². The average Bonchev–Trinajstić information content (AvgIpc) is 2.58. The second-order valence-corrected chi connectivity index (χ2v) is 5.56. The Morgan fingerprint density at radius 1 is 1.18 bits per heavy atom. The molecule has 0 aliphatic rings. The van der Waals surface area contributed by atoms with Crippen molar-refractivity contribution in [2.24, 2.45) is 5.92 Å². The zero-order valence-corrected chi connectivity index (χ0v) is 12.4. The fourth-order valence-electron chi connectivity index (χ4n) is 2.26. The van der Waals surface area contributed by atoms with E-state index < -0.39 is 22.6 Å². The van der Waals surface area contributed by atoms with Crippen LogP contribution >= 0.6 is 0 Å². The van der Waals surface area contributed by atoms with Crippen LogP contribution in [0.4, 0.5) is 0 Å². The highest BCUT2D eigenvalue weighted by atomic mass is 16.4. The summed E-state index contributed by atoms with van der Waals surface area (Å²) in [5.74, 6) is -1.35. The zero-order valence-electron chi connectivity index (χ0n) is 12.4. The minimum absolute atomic E-state index is 0.0963. The molecule has 1 aromatic heterocycles. The monoisotopic (exact) mass is 303 g/mol. The fourth-order valence-corrected chi connectivity index (χ4v) is 2.26. The van der Waals surface area contributed by atoms with Gasteiger partial charge >= 0.3 is 5.97 Å². The molecule has 22 heavy (non-hydrogen) atoms. The second kappa shape index (κ2) is 6.01. The lowest BCUT2D eigenvalue weighted by Gasteiger charge is -2.14. The van der Waals surface area contributed by atoms with Crippen molar-refractivity contribution in [2.75, 3.05) is 0 Å². The van der Waals surface area contributed by atoms with Crippen LogP contribution in [0.3, 0.4) is 0 Å². The van der Waals surface area contributed by atoms with Gasteiger partial charge in [-0.2, -0.15) is 0 Å². The minimum atomic E-state index is -1.21. The Morgan fingerprint density at radius 3 is 2.45 bits per heavy atom. The SMILES string of the molecule is CC(C)CCn1c(C(=O)O)cc(=O)c2cc(=O)c(O)ccc21. The summed E-state index contributed by atoms with van der Waals surface area (Å²) in [5, 5.41) is 18.9. The van der Waals surface area contributed by atoms with Gasteiger partial charge in [0, 0.05) is 24.1 Å². The van der Waals surface area contributed by atoms with Crippen molar-refractivity contribution in [2.45, 2.75) is 26.8 Å². The number of fused-ring (bicyclic) bond motifs is 1. The third-order valence-electron chi connectivity index (χ3n) is 3.47. The van der Waals surface area contributed by atoms with E-state index in [9.17, 15) is 24.6 Å². The standard InChI is InChI=1S/C16H17NO5/c1-9(2)5-6-17-11-3-4-13(18)15(20)7-10(11)14(19)8-12(17)16(21)22/h3-4,7-9H,5-6H2,1-2H3,(H,18,20)(H,21,22). The van der Waals surface area contributed by atoms with E-state index in [1.54, 1.807) is 0 Å². The van der Waals surface area contributed by atoms with Crippen molar-refractivity contribution < 1.29 is 15.0 Å². The number of carbonyl (C=O) groups is 1. The minimum Gasteiger partial charge on any atom is -0.504 e. The Bertz CT molecular complexity index is 851. The summed E-state index contributed by atoms with van der Waals surface area (Å²) < 4.78 is 1.50. The molecule has 1 heterocycles. The van der Waals surface area contributed by atoms with Gasteiger partial charge in [0.25, 0.3) is 0 Å². The molecule has 0 aliphatic carbocycles. The normalized spacial score (nSPS) is 11.0. The fraction of sp³-hybridized carbons (Fsp3) is 0.312. The summed E-state index contributed by atoms with van der Waals surface area (Å²) in [6.07, 6.45) is 0.715. The van der Waals surface area contributed by atoms with Gasteiger partial charge in [-0.3, -0.25) is 9.59 Å². The van der Waals surface area contributed by atoms with Gasteiger partial charge in [0.15, 0.2) is 11.2 Å². The maximum Gasteiger partial charge on any atom is 0.352 e. The number of hydrogen-bond donors (Lipinski definition) is 2. The number of aromatic hydroxyl groups is 1. The van der Waals surface area contributed by atoms with Crippen molar-refractivity contribution in [3.05, 3.63) is 50.4 Å². The maximum absolute atomic E-state index is 12.1. The van der Waals surface area contributed by atoms with Crippen LogP contribution in [0.2, 0.25) is 0 Å². The van der Waals surface area contributed by atoms with Crippen LogP contribution in [0.1, 0.15) is 30.8 Å². The summed E-state index contributed by atoms with van der Waals surface area (Å²) in [4.78, 5) is 35.2. The molecule has 2 aromatic rings. The van der Waals surface area contributed by atoms with E-state index in [2.05, 4.69) is 0 Å². The van der Waals surface area contributed by atoms with Crippen LogP contribution in [0, 0.1) is 5.92 Å². The van der Waals surface area contributed by atoms with Crippen molar-refractivity contribution in [1.82, 2.24) is 4.57 Å². The molecule has 1 aromatic carbocycles. The Kier molecular flexibility index (Phi) is 4.30.